The average molecular weight is 323 g/mol. The second kappa shape index (κ2) is 9.58. The van der Waals surface area contributed by atoms with Crippen LogP contribution in [0.15, 0.2) is 60.7 Å². The van der Waals surface area contributed by atoms with Crippen LogP contribution in [0.4, 0.5) is 0 Å². The van der Waals surface area contributed by atoms with Gasteiger partial charge in [-0.05, 0) is 37.1 Å². The van der Waals surface area contributed by atoms with Crippen molar-refractivity contribution in [2.24, 2.45) is 0 Å². The highest BCUT2D eigenvalue weighted by molar-refractivity contribution is 5.15. The van der Waals surface area contributed by atoms with E-state index in [9.17, 15) is 0 Å². The molecule has 0 amide bonds. The second-order valence-corrected chi connectivity index (χ2v) is 6.65. The summed E-state index contributed by atoms with van der Waals surface area (Å²) in [6, 6.07) is 22.1. The Labute approximate surface area is 146 Å². The summed E-state index contributed by atoms with van der Waals surface area (Å²) in [6.45, 7) is 6.52. The van der Waals surface area contributed by atoms with E-state index in [4.69, 9.17) is 0 Å². The molecule has 2 aromatic carbocycles. The zero-order chi connectivity index (χ0) is 16.5. The van der Waals surface area contributed by atoms with Crippen LogP contribution < -0.4 is 10.6 Å². The Kier molecular flexibility index (Phi) is 6.84. The first-order valence-electron chi connectivity index (χ1n) is 9.14. The first-order valence-corrected chi connectivity index (χ1v) is 9.14. The van der Waals surface area contributed by atoms with Crippen LogP contribution in [0.5, 0.6) is 0 Å². The van der Waals surface area contributed by atoms with Gasteiger partial charge in [-0.25, -0.2) is 0 Å². The minimum atomic E-state index is 0.676. The molecule has 0 aromatic heterocycles. The maximum absolute atomic E-state index is 3.70. The van der Waals surface area contributed by atoms with Gasteiger partial charge >= 0.3 is 0 Å². The van der Waals surface area contributed by atoms with Crippen molar-refractivity contribution in [2.75, 3.05) is 26.2 Å². The summed E-state index contributed by atoms with van der Waals surface area (Å²) in [5, 5.41) is 7.21. The summed E-state index contributed by atoms with van der Waals surface area (Å²) >= 11 is 0. The Morgan fingerprint density at radius 3 is 2.08 bits per heavy atom. The normalized spacial score (nSPS) is 16.3. The minimum absolute atomic E-state index is 0.676. The highest BCUT2D eigenvalue weighted by atomic mass is 15.1. The first-order chi connectivity index (χ1) is 11.9. The molecule has 0 aliphatic carbocycles. The van der Waals surface area contributed by atoms with Gasteiger partial charge in [0, 0.05) is 32.2 Å². The van der Waals surface area contributed by atoms with Crippen molar-refractivity contribution >= 4 is 0 Å². The van der Waals surface area contributed by atoms with E-state index in [-0.39, 0.29) is 0 Å². The fraction of sp³-hybridized carbons (Fsp3) is 0.429. The van der Waals surface area contributed by atoms with Crippen molar-refractivity contribution in [3.05, 3.63) is 71.8 Å². The molecule has 2 N–H and O–H groups in total. The number of hydrogen-bond donors (Lipinski definition) is 2. The van der Waals surface area contributed by atoms with Gasteiger partial charge in [0.1, 0.15) is 0 Å². The van der Waals surface area contributed by atoms with E-state index < -0.39 is 0 Å². The molecule has 3 rings (SSSR count). The van der Waals surface area contributed by atoms with Gasteiger partial charge in [0.05, 0.1) is 0 Å². The van der Waals surface area contributed by atoms with E-state index in [1.165, 1.54) is 37.1 Å². The third-order valence-corrected chi connectivity index (χ3v) is 4.74. The lowest BCUT2D eigenvalue weighted by molar-refractivity contribution is 0.191. The van der Waals surface area contributed by atoms with Gasteiger partial charge in [-0.3, -0.25) is 4.90 Å². The molecule has 3 heteroatoms. The third kappa shape index (κ3) is 5.75. The zero-order valence-corrected chi connectivity index (χ0v) is 14.5. The van der Waals surface area contributed by atoms with Gasteiger partial charge in [-0.2, -0.15) is 0 Å². The zero-order valence-electron chi connectivity index (χ0n) is 14.5. The third-order valence-electron chi connectivity index (χ3n) is 4.74. The van der Waals surface area contributed by atoms with E-state index in [1.807, 2.05) is 0 Å². The van der Waals surface area contributed by atoms with E-state index in [0.717, 1.165) is 26.2 Å². The first kappa shape index (κ1) is 17.2. The van der Waals surface area contributed by atoms with E-state index in [1.54, 1.807) is 0 Å². The van der Waals surface area contributed by atoms with E-state index in [2.05, 4.69) is 76.2 Å². The number of benzene rings is 2. The maximum Gasteiger partial charge on any atom is 0.0233 e. The molecule has 1 aliphatic rings. The van der Waals surface area contributed by atoms with Crippen LogP contribution in [-0.2, 0) is 13.1 Å². The summed E-state index contributed by atoms with van der Waals surface area (Å²) in [7, 11) is 0. The molecular weight excluding hydrogens is 294 g/mol. The quantitative estimate of drug-likeness (QED) is 0.731. The van der Waals surface area contributed by atoms with Crippen LogP contribution in [0.3, 0.4) is 0 Å². The standard InChI is InChI=1S/C21H29N3/c1-3-7-19(8-4-1)17-22-13-14-23-21-11-15-24(16-12-21)18-20-9-5-2-6-10-20/h1-10,21-23H,11-18H2. The van der Waals surface area contributed by atoms with Gasteiger partial charge in [0.25, 0.3) is 0 Å². The van der Waals surface area contributed by atoms with Crippen molar-refractivity contribution in [2.45, 2.75) is 32.0 Å². The summed E-state index contributed by atoms with van der Waals surface area (Å²) in [5.74, 6) is 0. The SMILES string of the molecule is c1ccc(CNCCNC2CCN(Cc3ccccc3)CC2)cc1. The molecule has 0 spiro atoms. The highest BCUT2D eigenvalue weighted by Gasteiger charge is 2.18. The molecule has 1 fully saturated rings. The Morgan fingerprint density at radius 1 is 0.792 bits per heavy atom. The molecule has 0 bridgehead atoms. The van der Waals surface area contributed by atoms with Gasteiger partial charge in [0.2, 0.25) is 0 Å². The molecule has 1 heterocycles. The van der Waals surface area contributed by atoms with Gasteiger partial charge in [0.15, 0.2) is 0 Å². The molecule has 2 aromatic rings. The molecule has 0 radical (unpaired) electrons. The molecule has 0 unspecified atom stereocenters. The number of hydrogen-bond acceptors (Lipinski definition) is 3. The van der Waals surface area contributed by atoms with Crippen LogP contribution in [0, 0.1) is 0 Å². The average Bonchev–Trinajstić information content (AvgIpc) is 2.65. The van der Waals surface area contributed by atoms with Gasteiger partial charge in [-0.15, -0.1) is 0 Å². The topological polar surface area (TPSA) is 27.3 Å². The fourth-order valence-corrected chi connectivity index (χ4v) is 3.33. The van der Waals surface area contributed by atoms with Crippen LogP contribution >= 0.6 is 0 Å². The molecule has 128 valence electrons. The summed E-state index contributed by atoms with van der Waals surface area (Å²) in [4.78, 5) is 2.57. The summed E-state index contributed by atoms with van der Waals surface area (Å²) < 4.78 is 0. The molecule has 0 atom stereocenters. The van der Waals surface area contributed by atoms with E-state index in [0.29, 0.717) is 6.04 Å². The molecule has 24 heavy (non-hydrogen) atoms. The van der Waals surface area contributed by atoms with Crippen LogP contribution in [0.2, 0.25) is 0 Å². The van der Waals surface area contributed by atoms with Gasteiger partial charge in [-0.1, -0.05) is 60.7 Å². The van der Waals surface area contributed by atoms with Gasteiger partial charge < -0.3 is 10.6 Å². The lowest BCUT2D eigenvalue weighted by Gasteiger charge is -2.32. The molecule has 1 saturated heterocycles. The fourth-order valence-electron chi connectivity index (χ4n) is 3.33. The molecular formula is C21H29N3. The largest absolute Gasteiger partial charge is 0.313 e. The maximum atomic E-state index is 3.70. The van der Waals surface area contributed by atoms with Crippen molar-refractivity contribution < 1.29 is 0 Å². The van der Waals surface area contributed by atoms with Crippen molar-refractivity contribution in [3.8, 4) is 0 Å². The summed E-state index contributed by atoms with van der Waals surface area (Å²) in [6.07, 6.45) is 2.51. The van der Waals surface area contributed by atoms with Crippen LogP contribution in [0.25, 0.3) is 0 Å². The predicted molar refractivity (Wildman–Crippen MR) is 101 cm³/mol. The molecule has 3 nitrogen and oxygen atoms in total. The molecule has 0 saturated carbocycles. The Morgan fingerprint density at radius 2 is 1.42 bits per heavy atom. The lowest BCUT2D eigenvalue weighted by Crippen LogP contribution is -2.43. The Hall–Kier alpha value is -1.68. The van der Waals surface area contributed by atoms with E-state index >= 15 is 0 Å². The number of likely N-dealkylation sites (tertiary alicyclic amines) is 1. The van der Waals surface area contributed by atoms with Crippen molar-refractivity contribution in [3.63, 3.8) is 0 Å². The van der Waals surface area contributed by atoms with Crippen molar-refractivity contribution in [1.29, 1.82) is 0 Å². The Balaban J connectivity index is 1.26. The van der Waals surface area contributed by atoms with Crippen LogP contribution in [0.1, 0.15) is 24.0 Å². The van der Waals surface area contributed by atoms with Crippen molar-refractivity contribution in [1.82, 2.24) is 15.5 Å². The molecule has 1 aliphatic heterocycles. The monoisotopic (exact) mass is 323 g/mol. The summed E-state index contributed by atoms with van der Waals surface area (Å²) in [5.41, 5.74) is 2.78. The minimum Gasteiger partial charge on any atom is -0.313 e. The lowest BCUT2D eigenvalue weighted by atomic mass is 10.0. The van der Waals surface area contributed by atoms with Crippen LogP contribution in [-0.4, -0.2) is 37.1 Å². The number of rotatable bonds is 8. The predicted octanol–water partition coefficient (Wildman–Crippen LogP) is 3.03. The highest BCUT2D eigenvalue weighted by Crippen LogP contribution is 2.13. The second-order valence-electron chi connectivity index (χ2n) is 6.65. The number of nitrogens with one attached hydrogen (secondary N) is 2. The number of piperidine rings is 1. The Bertz CT molecular complexity index is 562. The number of nitrogens with zero attached hydrogens (tertiary/aromatic N) is 1. The smallest absolute Gasteiger partial charge is 0.0233 e.